The van der Waals surface area contributed by atoms with Crippen LogP contribution in [0.25, 0.3) is 0 Å². The average Bonchev–Trinajstić information content (AvgIpc) is 2.61. The number of nitrogens with zero attached hydrogens (tertiary/aromatic N) is 1. The summed E-state index contributed by atoms with van der Waals surface area (Å²) >= 11 is 0. The zero-order valence-electron chi connectivity index (χ0n) is 13.1. The highest BCUT2D eigenvalue weighted by atomic mass is 16.3. The molecular weight excluding hydrogens is 302 g/mol. The number of pyridine rings is 1. The quantitative estimate of drug-likeness (QED) is 0.521. The van der Waals surface area contributed by atoms with E-state index in [1.807, 2.05) is 42.5 Å². The third kappa shape index (κ3) is 4.39. The molecule has 1 heterocycles. The lowest BCUT2D eigenvalue weighted by molar-refractivity contribution is 0.475. The van der Waals surface area contributed by atoms with Crippen molar-refractivity contribution in [3.05, 3.63) is 78.1 Å². The van der Waals surface area contributed by atoms with Gasteiger partial charge in [0, 0.05) is 11.4 Å². The standard InChI is InChI=1S/C19H19N3O2/c23-18-8-4-14(5-9-18)20-12-16-2-1-3-17(22-16)13-21-15-6-10-19(24)11-7-15/h1-11,20-21,23-24H,12-13H2. The van der Waals surface area contributed by atoms with Gasteiger partial charge in [-0.15, -0.1) is 0 Å². The van der Waals surface area contributed by atoms with Crippen LogP contribution in [0.4, 0.5) is 11.4 Å². The molecule has 0 bridgehead atoms. The Morgan fingerprint density at radius 2 is 1.04 bits per heavy atom. The highest BCUT2D eigenvalue weighted by molar-refractivity contribution is 5.47. The average molecular weight is 321 g/mol. The monoisotopic (exact) mass is 321 g/mol. The van der Waals surface area contributed by atoms with Crippen LogP contribution in [0.5, 0.6) is 11.5 Å². The fourth-order valence-electron chi connectivity index (χ4n) is 2.27. The molecule has 0 aliphatic heterocycles. The van der Waals surface area contributed by atoms with E-state index in [1.54, 1.807) is 24.3 Å². The molecule has 122 valence electrons. The van der Waals surface area contributed by atoms with E-state index < -0.39 is 0 Å². The lowest BCUT2D eigenvalue weighted by Gasteiger charge is -2.09. The van der Waals surface area contributed by atoms with Gasteiger partial charge in [0.1, 0.15) is 11.5 Å². The van der Waals surface area contributed by atoms with Crippen molar-refractivity contribution in [3.8, 4) is 11.5 Å². The number of hydrogen-bond donors (Lipinski definition) is 4. The molecule has 0 unspecified atom stereocenters. The minimum absolute atomic E-state index is 0.251. The summed E-state index contributed by atoms with van der Waals surface area (Å²) < 4.78 is 0. The smallest absolute Gasteiger partial charge is 0.115 e. The van der Waals surface area contributed by atoms with Crippen molar-refractivity contribution >= 4 is 11.4 Å². The molecule has 5 nitrogen and oxygen atoms in total. The van der Waals surface area contributed by atoms with Gasteiger partial charge >= 0.3 is 0 Å². The molecule has 3 aromatic rings. The van der Waals surface area contributed by atoms with Gasteiger partial charge in [0.2, 0.25) is 0 Å². The molecule has 0 atom stereocenters. The first kappa shape index (κ1) is 15.7. The molecule has 5 heteroatoms. The highest BCUT2D eigenvalue weighted by Crippen LogP contribution is 2.16. The maximum Gasteiger partial charge on any atom is 0.115 e. The number of rotatable bonds is 6. The number of aromatic nitrogens is 1. The first-order valence-electron chi connectivity index (χ1n) is 7.70. The SMILES string of the molecule is Oc1ccc(NCc2cccc(CNc3ccc(O)cc3)n2)cc1. The Balaban J connectivity index is 1.57. The number of phenols is 2. The Labute approximate surface area is 140 Å². The zero-order valence-corrected chi connectivity index (χ0v) is 13.1. The second-order valence-corrected chi connectivity index (χ2v) is 5.42. The summed E-state index contributed by atoms with van der Waals surface area (Å²) in [6, 6.07) is 19.8. The molecule has 0 spiro atoms. The van der Waals surface area contributed by atoms with E-state index in [1.165, 1.54) is 0 Å². The van der Waals surface area contributed by atoms with Crippen molar-refractivity contribution in [1.82, 2.24) is 4.98 Å². The molecule has 0 aliphatic rings. The second-order valence-electron chi connectivity index (χ2n) is 5.42. The Morgan fingerprint density at radius 1 is 0.625 bits per heavy atom. The summed E-state index contributed by atoms with van der Waals surface area (Å²) in [4.78, 5) is 4.61. The predicted molar refractivity (Wildman–Crippen MR) is 95.1 cm³/mol. The number of nitrogens with one attached hydrogen (secondary N) is 2. The maximum absolute atomic E-state index is 9.29. The molecule has 0 amide bonds. The first-order valence-corrected chi connectivity index (χ1v) is 7.70. The summed E-state index contributed by atoms with van der Waals surface area (Å²) in [7, 11) is 0. The van der Waals surface area contributed by atoms with Crippen molar-refractivity contribution < 1.29 is 10.2 Å². The molecule has 1 aromatic heterocycles. The van der Waals surface area contributed by atoms with Gasteiger partial charge < -0.3 is 20.8 Å². The van der Waals surface area contributed by atoms with Crippen LogP contribution in [0.2, 0.25) is 0 Å². The van der Waals surface area contributed by atoms with Gasteiger partial charge in [-0.1, -0.05) is 6.07 Å². The molecule has 3 rings (SSSR count). The third-order valence-corrected chi connectivity index (χ3v) is 3.55. The molecule has 4 N–H and O–H groups in total. The van der Waals surface area contributed by atoms with Crippen molar-refractivity contribution in [2.75, 3.05) is 10.6 Å². The van der Waals surface area contributed by atoms with Gasteiger partial charge in [-0.25, -0.2) is 0 Å². The minimum atomic E-state index is 0.251. The van der Waals surface area contributed by atoms with Crippen LogP contribution in [0, 0.1) is 0 Å². The molecule has 0 radical (unpaired) electrons. The Bertz CT molecular complexity index is 722. The van der Waals surface area contributed by atoms with Gasteiger partial charge in [-0.05, 0) is 60.7 Å². The number of hydrogen-bond acceptors (Lipinski definition) is 5. The molecule has 0 fully saturated rings. The van der Waals surface area contributed by atoms with Gasteiger partial charge in [0.05, 0.1) is 24.5 Å². The van der Waals surface area contributed by atoms with E-state index in [0.29, 0.717) is 13.1 Å². The summed E-state index contributed by atoms with van der Waals surface area (Å²) in [6.07, 6.45) is 0. The molecule has 2 aromatic carbocycles. The summed E-state index contributed by atoms with van der Waals surface area (Å²) in [5.74, 6) is 0.502. The topological polar surface area (TPSA) is 77.4 Å². The Kier molecular flexibility index (Phi) is 4.81. The lowest BCUT2D eigenvalue weighted by atomic mass is 10.2. The van der Waals surface area contributed by atoms with E-state index in [4.69, 9.17) is 0 Å². The van der Waals surface area contributed by atoms with Gasteiger partial charge in [-0.2, -0.15) is 0 Å². The van der Waals surface area contributed by atoms with E-state index in [-0.39, 0.29) is 11.5 Å². The van der Waals surface area contributed by atoms with Crippen molar-refractivity contribution in [2.45, 2.75) is 13.1 Å². The minimum Gasteiger partial charge on any atom is -0.508 e. The third-order valence-electron chi connectivity index (χ3n) is 3.55. The van der Waals surface area contributed by atoms with Crippen LogP contribution in [0.1, 0.15) is 11.4 Å². The van der Waals surface area contributed by atoms with Crippen LogP contribution >= 0.6 is 0 Å². The van der Waals surface area contributed by atoms with Crippen LogP contribution in [-0.2, 0) is 13.1 Å². The fraction of sp³-hybridized carbons (Fsp3) is 0.105. The molecule has 0 saturated heterocycles. The van der Waals surface area contributed by atoms with E-state index >= 15 is 0 Å². The maximum atomic E-state index is 9.29. The molecular formula is C19H19N3O2. The highest BCUT2D eigenvalue weighted by Gasteiger charge is 2.00. The predicted octanol–water partition coefficient (Wildman–Crippen LogP) is 3.72. The van der Waals surface area contributed by atoms with E-state index in [9.17, 15) is 10.2 Å². The number of aromatic hydroxyl groups is 2. The number of phenolic OH excluding ortho intramolecular Hbond substituents is 2. The van der Waals surface area contributed by atoms with Gasteiger partial charge in [-0.3, -0.25) is 4.98 Å². The molecule has 24 heavy (non-hydrogen) atoms. The van der Waals surface area contributed by atoms with Crippen molar-refractivity contribution in [1.29, 1.82) is 0 Å². The summed E-state index contributed by atoms with van der Waals surface area (Å²) in [5.41, 5.74) is 3.74. The largest absolute Gasteiger partial charge is 0.508 e. The zero-order chi connectivity index (χ0) is 16.8. The van der Waals surface area contributed by atoms with E-state index in [2.05, 4.69) is 15.6 Å². The Morgan fingerprint density at radius 3 is 1.46 bits per heavy atom. The van der Waals surface area contributed by atoms with Gasteiger partial charge in [0.15, 0.2) is 0 Å². The van der Waals surface area contributed by atoms with E-state index in [0.717, 1.165) is 22.8 Å². The second kappa shape index (κ2) is 7.37. The van der Waals surface area contributed by atoms with Crippen LogP contribution in [0.15, 0.2) is 66.7 Å². The van der Waals surface area contributed by atoms with Crippen LogP contribution in [-0.4, -0.2) is 15.2 Å². The fourth-order valence-corrected chi connectivity index (χ4v) is 2.27. The summed E-state index contributed by atoms with van der Waals surface area (Å²) in [5, 5.41) is 25.1. The molecule has 0 aliphatic carbocycles. The summed E-state index contributed by atoms with van der Waals surface area (Å²) in [6.45, 7) is 1.22. The van der Waals surface area contributed by atoms with Crippen molar-refractivity contribution in [2.24, 2.45) is 0 Å². The number of anilines is 2. The Hall–Kier alpha value is -3.21. The van der Waals surface area contributed by atoms with Crippen LogP contribution in [0.3, 0.4) is 0 Å². The number of benzene rings is 2. The molecule has 0 saturated carbocycles. The lowest BCUT2D eigenvalue weighted by Crippen LogP contribution is -2.06. The van der Waals surface area contributed by atoms with Gasteiger partial charge in [0.25, 0.3) is 0 Å². The van der Waals surface area contributed by atoms with Crippen LogP contribution < -0.4 is 10.6 Å². The normalized spacial score (nSPS) is 10.3. The van der Waals surface area contributed by atoms with Crippen molar-refractivity contribution in [3.63, 3.8) is 0 Å². The first-order chi connectivity index (χ1) is 11.7.